The fourth-order valence-electron chi connectivity index (χ4n) is 5.16. The number of carbonyl (C=O) groups excluding carboxylic acids is 1. The smallest absolute Gasteiger partial charge is 0.254 e. The molecule has 0 bridgehead atoms. The van der Waals surface area contributed by atoms with Gasteiger partial charge >= 0.3 is 0 Å². The molecule has 2 saturated heterocycles. The lowest BCUT2D eigenvalue weighted by Crippen LogP contribution is -2.38. The van der Waals surface area contributed by atoms with Crippen molar-refractivity contribution >= 4 is 17.4 Å². The summed E-state index contributed by atoms with van der Waals surface area (Å²) >= 11 is 0. The molecule has 3 aromatic rings. The molecule has 0 aliphatic carbocycles. The fraction of sp³-hybridized carbons (Fsp3) is 0.400. The van der Waals surface area contributed by atoms with E-state index in [-0.39, 0.29) is 18.0 Å². The van der Waals surface area contributed by atoms with E-state index in [1.54, 1.807) is 18.2 Å². The van der Waals surface area contributed by atoms with Gasteiger partial charge in [0.05, 0.1) is 11.7 Å². The first-order chi connectivity index (χ1) is 16.6. The van der Waals surface area contributed by atoms with Crippen molar-refractivity contribution in [3.63, 3.8) is 0 Å². The first kappa shape index (κ1) is 21.0. The van der Waals surface area contributed by atoms with Crippen LogP contribution in [0.15, 0.2) is 43.0 Å². The van der Waals surface area contributed by atoms with Crippen molar-refractivity contribution in [3.8, 4) is 11.5 Å². The number of aromatic nitrogens is 3. The van der Waals surface area contributed by atoms with Crippen molar-refractivity contribution in [2.45, 2.75) is 44.7 Å². The van der Waals surface area contributed by atoms with Crippen molar-refractivity contribution in [2.75, 3.05) is 24.5 Å². The highest BCUT2D eigenvalue weighted by atomic mass is 16.5. The zero-order chi connectivity index (χ0) is 23.2. The minimum atomic E-state index is -0.0972. The fourth-order valence-corrected chi connectivity index (χ4v) is 5.16. The Labute approximate surface area is 197 Å². The summed E-state index contributed by atoms with van der Waals surface area (Å²) in [6.07, 6.45) is 8.84. The zero-order valence-electron chi connectivity index (χ0n) is 19.2. The highest BCUT2D eigenvalue weighted by Crippen LogP contribution is 2.35. The molecule has 9 nitrogen and oxygen atoms in total. The minimum absolute atomic E-state index is 0.0291. The molecule has 0 unspecified atom stereocenters. The van der Waals surface area contributed by atoms with Gasteiger partial charge in [-0.05, 0) is 50.8 Å². The first-order valence-corrected chi connectivity index (χ1v) is 11.9. The van der Waals surface area contributed by atoms with Crippen molar-refractivity contribution in [1.29, 1.82) is 0 Å². The van der Waals surface area contributed by atoms with E-state index < -0.39 is 0 Å². The Morgan fingerprint density at radius 1 is 1.09 bits per heavy atom. The Kier molecular flexibility index (Phi) is 5.13. The van der Waals surface area contributed by atoms with Crippen LogP contribution >= 0.6 is 0 Å². The predicted molar refractivity (Wildman–Crippen MR) is 127 cm³/mol. The van der Waals surface area contributed by atoms with Crippen LogP contribution in [0.4, 0.5) is 5.82 Å². The van der Waals surface area contributed by atoms with Crippen LogP contribution in [0.25, 0.3) is 5.65 Å². The van der Waals surface area contributed by atoms with E-state index in [1.165, 1.54) is 12.5 Å². The molecular weight excluding hydrogens is 432 g/mol. The average molecular weight is 461 g/mol. The number of aryl methyl sites for hydroxylation is 1. The highest BCUT2D eigenvalue weighted by Gasteiger charge is 2.32. The summed E-state index contributed by atoms with van der Waals surface area (Å²) in [6, 6.07) is 7.42. The van der Waals surface area contributed by atoms with Crippen molar-refractivity contribution < 1.29 is 14.3 Å². The molecule has 1 aromatic carbocycles. The standard InChI is InChI=1S/C25H28N6O3/c1-16-14-31-23(27-24(16)29-9-7-18(26)15-29)13-19(28-31)20-4-2-3-8-30(20)25(32)17-5-6-21-22(12-17)34-11-10-33-21/h5-6,10-14,18,20H,2-4,7-9,15,26H2,1H3/t18-,20-/m0/s1. The van der Waals surface area contributed by atoms with Gasteiger partial charge in [0.25, 0.3) is 5.91 Å². The van der Waals surface area contributed by atoms with Gasteiger partial charge in [-0.15, -0.1) is 0 Å². The van der Waals surface area contributed by atoms with Crippen molar-refractivity contribution in [2.24, 2.45) is 5.73 Å². The summed E-state index contributed by atoms with van der Waals surface area (Å²) < 4.78 is 12.8. The third-order valence-electron chi connectivity index (χ3n) is 6.89. The van der Waals surface area contributed by atoms with Gasteiger partial charge in [0.15, 0.2) is 17.1 Å². The molecule has 34 heavy (non-hydrogen) atoms. The molecule has 2 aromatic heterocycles. The van der Waals surface area contributed by atoms with E-state index >= 15 is 0 Å². The SMILES string of the molecule is Cc1cn2nc([C@@H]3CCCCN3C(=O)c3ccc4c(c3)OC=CO4)cc2nc1N1CC[C@H](N)C1. The molecule has 2 atom stereocenters. The topological polar surface area (TPSA) is 98.2 Å². The summed E-state index contributed by atoms with van der Waals surface area (Å²) in [5, 5.41) is 4.84. The van der Waals surface area contributed by atoms with Crippen LogP contribution in [0.5, 0.6) is 11.5 Å². The van der Waals surface area contributed by atoms with Gasteiger partial charge in [0, 0.05) is 49.1 Å². The van der Waals surface area contributed by atoms with Crippen LogP contribution in [-0.2, 0) is 0 Å². The summed E-state index contributed by atoms with van der Waals surface area (Å²) in [7, 11) is 0. The number of benzene rings is 1. The van der Waals surface area contributed by atoms with E-state index in [2.05, 4.69) is 11.8 Å². The van der Waals surface area contributed by atoms with Crippen LogP contribution in [0.2, 0.25) is 0 Å². The third kappa shape index (κ3) is 3.66. The summed E-state index contributed by atoms with van der Waals surface area (Å²) in [5.41, 5.74) is 9.42. The number of amides is 1. The van der Waals surface area contributed by atoms with Crippen molar-refractivity contribution in [3.05, 3.63) is 59.8 Å². The second-order valence-corrected chi connectivity index (χ2v) is 9.29. The molecule has 2 fully saturated rings. The molecule has 3 aliphatic rings. The number of rotatable bonds is 3. The number of hydrogen-bond acceptors (Lipinski definition) is 7. The number of piperidine rings is 1. The Hall–Kier alpha value is -3.59. The third-order valence-corrected chi connectivity index (χ3v) is 6.89. The molecule has 1 amide bonds. The maximum atomic E-state index is 13.5. The maximum absolute atomic E-state index is 13.5. The molecule has 0 radical (unpaired) electrons. The summed E-state index contributed by atoms with van der Waals surface area (Å²) in [5.74, 6) is 2.08. The van der Waals surface area contributed by atoms with Gasteiger partial charge in [-0.25, -0.2) is 9.50 Å². The van der Waals surface area contributed by atoms with Gasteiger partial charge in [0.2, 0.25) is 0 Å². The van der Waals surface area contributed by atoms with E-state index in [0.29, 0.717) is 23.6 Å². The van der Waals surface area contributed by atoms with E-state index in [4.69, 9.17) is 25.3 Å². The Morgan fingerprint density at radius 2 is 1.94 bits per heavy atom. The lowest BCUT2D eigenvalue weighted by Gasteiger charge is -2.35. The van der Waals surface area contributed by atoms with E-state index in [9.17, 15) is 4.79 Å². The molecule has 0 saturated carbocycles. The van der Waals surface area contributed by atoms with E-state index in [1.807, 2.05) is 21.7 Å². The Balaban J connectivity index is 1.30. The number of anilines is 1. The Morgan fingerprint density at radius 3 is 2.76 bits per heavy atom. The number of ether oxygens (including phenoxy) is 2. The first-order valence-electron chi connectivity index (χ1n) is 11.9. The summed E-state index contributed by atoms with van der Waals surface area (Å²) in [4.78, 5) is 22.6. The maximum Gasteiger partial charge on any atom is 0.254 e. The minimum Gasteiger partial charge on any atom is -0.458 e. The second-order valence-electron chi connectivity index (χ2n) is 9.29. The second kappa shape index (κ2) is 8.32. The lowest BCUT2D eigenvalue weighted by molar-refractivity contribution is 0.0605. The van der Waals surface area contributed by atoms with Crippen LogP contribution in [0.1, 0.15) is 53.3 Å². The van der Waals surface area contributed by atoms with Crippen LogP contribution in [0, 0.1) is 6.92 Å². The van der Waals surface area contributed by atoms with Crippen LogP contribution in [-0.4, -0.2) is 51.1 Å². The van der Waals surface area contributed by atoms with Gasteiger partial charge in [0.1, 0.15) is 18.3 Å². The largest absolute Gasteiger partial charge is 0.458 e. The zero-order valence-corrected chi connectivity index (χ0v) is 19.2. The van der Waals surface area contributed by atoms with Crippen LogP contribution in [0.3, 0.4) is 0 Å². The number of carbonyl (C=O) groups is 1. The number of hydrogen-bond donors (Lipinski definition) is 1. The number of fused-ring (bicyclic) bond motifs is 2. The summed E-state index contributed by atoms with van der Waals surface area (Å²) in [6.45, 7) is 4.49. The quantitative estimate of drug-likeness (QED) is 0.641. The molecule has 176 valence electrons. The average Bonchev–Trinajstić information content (AvgIpc) is 3.48. The Bertz CT molecular complexity index is 1290. The molecule has 5 heterocycles. The molecule has 6 rings (SSSR count). The van der Waals surface area contributed by atoms with Crippen LogP contribution < -0.4 is 20.1 Å². The highest BCUT2D eigenvalue weighted by molar-refractivity contribution is 5.95. The number of nitrogens with two attached hydrogens (primary N) is 1. The lowest BCUT2D eigenvalue weighted by atomic mass is 9.98. The number of likely N-dealkylation sites (tertiary alicyclic amines) is 1. The molecule has 0 spiro atoms. The van der Waals surface area contributed by atoms with Gasteiger partial charge in [-0.2, -0.15) is 5.10 Å². The number of nitrogens with zero attached hydrogens (tertiary/aromatic N) is 5. The molecule has 9 heteroatoms. The molecule has 3 aliphatic heterocycles. The van der Waals surface area contributed by atoms with Gasteiger partial charge in [-0.3, -0.25) is 4.79 Å². The molecule has 2 N–H and O–H groups in total. The molecular formula is C25H28N6O3. The van der Waals surface area contributed by atoms with Gasteiger partial charge < -0.3 is 25.0 Å². The normalized spacial score (nSPS) is 21.9. The van der Waals surface area contributed by atoms with E-state index in [0.717, 1.165) is 61.5 Å². The predicted octanol–water partition coefficient (Wildman–Crippen LogP) is 3.18. The van der Waals surface area contributed by atoms with Crippen molar-refractivity contribution in [1.82, 2.24) is 19.5 Å². The van der Waals surface area contributed by atoms with Gasteiger partial charge in [-0.1, -0.05) is 0 Å². The monoisotopic (exact) mass is 460 g/mol.